The van der Waals surface area contributed by atoms with Crippen molar-refractivity contribution in [3.8, 4) is 0 Å². The zero-order chi connectivity index (χ0) is 23.1. The van der Waals surface area contributed by atoms with Crippen LogP contribution in [0.1, 0.15) is 17.3 Å². The van der Waals surface area contributed by atoms with Crippen LogP contribution in [0.5, 0.6) is 0 Å². The monoisotopic (exact) mass is 461 g/mol. The number of hydrogen-bond donors (Lipinski definition) is 2. The second kappa shape index (κ2) is 10.4. The Kier molecular flexibility index (Phi) is 7.57. The first kappa shape index (κ1) is 23.4. The fourth-order valence-corrected chi connectivity index (χ4v) is 4.39. The van der Waals surface area contributed by atoms with Gasteiger partial charge in [-0.05, 0) is 42.5 Å². The number of sulfonamides is 1. The van der Waals surface area contributed by atoms with E-state index >= 15 is 0 Å². The Labute approximate surface area is 185 Å². The molecule has 32 heavy (non-hydrogen) atoms. The average Bonchev–Trinajstić information content (AvgIpc) is 2.78. The summed E-state index contributed by atoms with van der Waals surface area (Å²) >= 11 is 0. The van der Waals surface area contributed by atoms with E-state index in [1.165, 1.54) is 47.6 Å². The number of rotatable bonds is 7. The summed E-state index contributed by atoms with van der Waals surface area (Å²) in [4.78, 5) is 35.5. The van der Waals surface area contributed by atoms with Crippen molar-refractivity contribution in [2.24, 2.45) is 0 Å². The summed E-state index contributed by atoms with van der Waals surface area (Å²) in [6.07, 6.45) is 0. The highest BCUT2D eigenvalue weighted by atomic mass is 32.2. The van der Waals surface area contributed by atoms with Crippen LogP contribution >= 0.6 is 0 Å². The van der Waals surface area contributed by atoms with Gasteiger partial charge in [-0.2, -0.15) is 4.31 Å². The Morgan fingerprint density at radius 2 is 1.69 bits per heavy atom. The molecule has 10 nitrogen and oxygen atoms in total. The third-order valence-corrected chi connectivity index (χ3v) is 6.41. The van der Waals surface area contributed by atoms with Crippen LogP contribution in [-0.4, -0.2) is 63.4 Å². The minimum absolute atomic E-state index is 0.114. The molecule has 0 unspecified atom stereocenters. The van der Waals surface area contributed by atoms with Crippen LogP contribution in [0.2, 0.25) is 0 Å². The average molecular weight is 461 g/mol. The minimum Gasteiger partial charge on any atom is -0.452 e. The number of anilines is 2. The molecule has 2 N–H and O–H groups in total. The van der Waals surface area contributed by atoms with Crippen LogP contribution in [-0.2, 0) is 29.1 Å². The minimum atomic E-state index is -3.63. The first-order valence-electron chi connectivity index (χ1n) is 9.78. The molecule has 1 saturated heterocycles. The molecule has 1 heterocycles. The number of nitrogens with zero attached hydrogens (tertiary/aromatic N) is 1. The van der Waals surface area contributed by atoms with Crippen LogP contribution in [0.25, 0.3) is 0 Å². The van der Waals surface area contributed by atoms with E-state index in [0.29, 0.717) is 37.7 Å². The molecular weight excluding hydrogens is 438 g/mol. The molecule has 1 fully saturated rings. The quantitative estimate of drug-likeness (QED) is 0.597. The molecular formula is C21H23N3O7S. The van der Waals surface area contributed by atoms with Crippen molar-refractivity contribution in [1.82, 2.24) is 4.31 Å². The molecule has 0 spiro atoms. The predicted molar refractivity (Wildman–Crippen MR) is 116 cm³/mol. The number of ether oxygens (including phenoxy) is 2. The summed E-state index contributed by atoms with van der Waals surface area (Å²) in [6, 6.07) is 11.9. The number of morpholine rings is 1. The van der Waals surface area contributed by atoms with E-state index in [9.17, 15) is 22.8 Å². The van der Waals surface area contributed by atoms with Crippen molar-refractivity contribution >= 4 is 39.2 Å². The van der Waals surface area contributed by atoms with Gasteiger partial charge in [-0.3, -0.25) is 9.59 Å². The van der Waals surface area contributed by atoms with Gasteiger partial charge in [0.25, 0.3) is 5.91 Å². The van der Waals surface area contributed by atoms with Crippen molar-refractivity contribution in [3.05, 3.63) is 54.1 Å². The topological polar surface area (TPSA) is 131 Å². The second-order valence-electron chi connectivity index (χ2n) is 6.93. The predicted octanol–water partition coefficient (Wildman–Crippen LogP) is 1.46. The first-order valence-corrected chi connectivity index (χ1v) is 11.2. The maximum atomic E-state index is 12.6. The molecule has 0 radical (unpaired) electrons. The number of carbonyl (C=O) groups is 3. The highest BCUT2D eigenvalue weighted by molar-refractivity contribution is 7.89. The van der Waals surface area contributed by atoms with Crippen molar-refractivity contribution in [1.29, 1.82) is 0 Å². The molecule has 2 amide bonds. The zero-order valence-corrected chi connectivity index (χ0v) is 18.2. The van der Waals surface area contributed by atoms with Crippen molar-refractivity contribution < 1.29 is 32.3 Å². The largest absolute Gasteiger partial charge is 0.452 e. The van der Waals surface area contributed by atoms with Gasteiger partial charge in [-0.15, -0.1) is 0 Å². The Morgan fingerprint density at radius 3 is 2.34 bits per heavy atom. The van der Waals surface area contributed by atoms with Crippen LogP contribution in [0.15, 0.2) is 53.4 Å². The van der Waals surface area contributed by atoms with Gasteiger partial charge in [-0.25, -0.2) is 13.2 Å². The molecule has 0 bridgehead atoms. The van der Waals surface area contributed by atoms with Crippen molar-refractivity contribution in [2.75, 3.05) is 43.5 Å². The first-order chi connectivity index (χ1) is 15.3. The zero-order valence-electron chi connectivity index (χ0n) is 17.4. The lowest BCUT2D eigenvalue weighted by molar-refractivity contribution is -0.119. The summed E-state index contributed by atoms with van der Waals surface area (Å²) in [5.74, 6) is -1.59. The normalized spacial score (nSPS) is 14.4. The standard InChI is InChI=1S/C21H23N3O7S/c1-15(25)22-18-4-2-3-16(13-18)21(27)31-14-20(26)23-17-5-7-19(8-6-17)32(28,29)24-9-11-30-12-10-24/h2-8,13H,9-12,14H2,1H3,(H,22,25)(H,23,26). The second-order valence-corrected chi connectivity index (χ2v) is 8.87. The van der Waals surface area contributed by atoms with Gasteiger partial charge in [0, 0.05) is 31.4 Å². The molecule has 1 aliphatic rings. The number of benzene rings is 2. The molecule has 3 rings (SSSR count). The smallest absolute Gasteiger partial charge is 0.338 e. The van der Waals surface area contributed by atoms with E-state index in [2.05, 4.69) is 10.6 Å². The lowest BCUT2D eigenvalue weighted by Gasteiger charge is -2.26. The lowest BCUT2D eigenvalue weighted by Crippen LogP contribution is -2.40. The van der Waals surface area contributed by atoms with E-state index in [0.717, 1.165) is 0 Å². The Morgan fingerprint density at radius 1 is 1.00 bits per heavy atom. The molecule has 2 aromatic carbocycles. The fraction of sp³-hybridized carbons (Fsp3) is 0.286. The van der Waals surface area contributed by atoms with E-state index in [1.54, 1.807) is 12.1 Å². The highest BCUT2D eigenvalue weighted by Gasteiger charge is 2.26. The van der Waals surface area contributed by atoms with E-state index in [-0.39, 0.29) is 16.4 Å². The summed E-state index contributed by atoms with van der Waals surface area (Å²) in [7, 11) is -3.63. The molecule has 0 aromatic heterocycles. The molecule has 0 saturated carbocycles. The molecule has 0 aliphatic carbocycles. The van der Waals surface area contributed by atoms with Gasteiger partial charge in [0.05, 0.1) is 23.7 Å². The van der Waals surface area contributed by atoms with E-state index in [1.807, 2.05) is 0 Å². The number of hydrogen-bond acceptors (Lipinski definition) is 7. The Bertz CT molecular complexity index is 1090. The van der Waals surface area contributed by atoms with E-state index < -0.39 is 28.5 Å². The van der Waals surface area contributed by atoms with Crippen LogP contribution in [0.3, 0.4) is 0 Å². The maximum Gasteiger partial charge on any atom is 0.338 e. The summed E-state index contributed by atoms with van der Waals surface area (Å²) in [5, 5.41) is 5.10. The lowest BCUT2D eigenvalue weighted by atomic mass is 10.2. The third kappa shape index (κ3) is 6.13. The van der Waals surface area contributed by atoms with Gasteiger partial charge < -0.3 is 20.1 Å². The van der Waals surface area contributed by atoms with Gasteiger partial charge in [0.15, 0.2) is 6.61 Å². The third-order valence-electron chi connectivity index (χ3n) is 4.50. The molecule has 2 aromatic rings. The van der Waals surface area contributed by atoms with Gasteiger partial charge in [0.2, 0.25) is 15.9 Å². The highest BCUT2D eigenvalue weighted by Crippen LogP contribution is 2.19. The van der Waals surface area contributed by atoms with Crippen molar-refractivity contribution in [2.45, 2.75) is 11.8 Å². The molecule has 11 heteroatoms. The summed E-state index contributed by atoms with van der Waals surface area (Å²) < 4.78 is 36.8. The number of nitrogens with one attached hydrogen (secondary N) is 2. The van der Waals surface area contributed by atoms with Crippen molar-refractivity contribution in [3.63, 3.8) is 0 Å². The summed E-state index contributed by atoms with van der Waals surface area (Å²) in [5.41, 5.74) is 0.977. The van der Waals surface area contributed by atoms with Crippen LogP contribution in [0.4, 0.5) is 11.4 Å². The van der Waals surface area contributed by atoms with Crippen LogP contribution in [0, 0.1) is 0 Å². The molecule has 0 atom stereocenters. The number of esters is 1. The molecule has 1 aliphatic heterocycles. The summed E-state index contributed by atoms with van der Waals surface area (Å²) in [6.45, 7) is 2.10. The SMILES string of the molecule is CC(=O)Nc1cccc(C(=O)OCC(=O)Nc2ccc(S(=O)(=O)N3CCOCC3)cc2)c1. The Hall–Kier alpha value is -3.28. The maximum absolute atomic E-state index is 12.6. The van der Waals surface area contributed by atoms with Gasteiger partial charge in [0.1, 0.15) is 0 Å². The van der Waals surface area contributed by atoms with Gasteiger partial charge >= 0.3 is 5.97 Å². The van der Waals surface area contributed by atoms with E-state index in [4.69, 9.17) is 9.47 Å². The Balaban J connectivity index is 1.54. The number of carbonyl (C=O) groups excluding carboxylic acids is 3. The number of amides is 2. The van der Waals surface area contributed by atoms with Crippen LogP contribution < -0.4 is 10.6 Å². The fourth-order valence-electron chi connectivity index (χ4n) is 2.98. The van der Waals surface area contributed by atoms with Gasteiger partial charge in [-0.1, -0.05) is 6.07 Å². The molecule has 170 valence electrons.